The largest absolute Gasteiger partial charge is 0.416 e. The molecular formula is C23H33F3N4O2S2. The Morgan fingerprint density at radius 1 is 1.15 bits per heavy atom. The third kappa shape index (κ3) is 5.73. The van der Waals surface area contributed by atoms with Crippen LogP contribution in [0.3, 0.4) is 0 Å². The van der Waals surface area contributed by atoms with Gasteiger partial charge in [0, 0.05) is 23.6 Å². The van der Waals surface area contributed by atoms with Crippen LogP contribution in [0, 0.1) is 12.8 Å². The number of nitrogens with zero attached hydrogens (tertiary/aromatic N) is 3. The summed E-state index contributed by atoms with van der Waals surface area (Å²) in [6, 6.07) is 4.22. The highest BCUT2D eigenvalue weighted by molar-refractivity contribution is 7.85. The first-order valence-electron chi connectivity index (χ1n) is 10.0. The van der Waals surface area contributed by atoms with Gasteiger partial charge in [-0.3, -0.25) is 9.00 Å². The zero-order valence-electron chi connectivity index (χ0n) is 17.9. The second-order valence-corrected chi connectivity index (χ2v) is 9.92. The highest BCUT2D eigenvalue weighted by Gasteiger charge is 2.36. The summed E-state index contributed by atoms with van der Waals surface area (Å²) in [5, 5.41) is 2.77. The van der Waals surface area contributed by atoms with Crippen molar-refractivity contribution >= 4 is 41.7 Å². The van der Waals surface area contributed by atoms with Gasteiger partial charge in [-0.15, -0.1) is 0 Å². The fourth-order valence-electron chi connectivity index (χ4n) is 3.94. The van der Waals surface area contributed by atoms with Gasteiger partial charge in [0.1, 0.15) is 17.6 Å². The SMILES string of the molecule is C.C.Cc1nc(CC2CC([S@](=O)c3ccc(C(F)(F)F)cc3)C2)nc2c1NC(=O)[C@H](C)N2C.S. The van der Waals surface area contributed by atoms with E-state index in [9.17, 15) is 22.2 Å². The molecule has 11 heteroatoms. The zero-order chi connectivity index (χ0) is 22.5. The summed E-state index contributed by atoms with van der Waals surface area (Å²) in [5.74, 6) is 1.54. The molecule has 4 rings (SSSR count). The highest BCUT2D eigenvalue weighted by Crippen LogP contribution is 2.38. The summed E-state index contributed by atoms with van der Waals surface area (Å²) in [5.41, 5.74) is 0.593. The lowest BCUT2D eigenvalue weighted by Gasteiger charge is -2.35. The molecule has 2 atom stereocenters. The van der Waals surface area contributed by atoms with Crippen molar-refractivity contribution in [1.29, 1.82) is 0 Å². The Morgan fingerprint density at radius 2 is 1.74 bits per heavy atom. The average Bonchev–Trinajstić information content (AvgIpc) is 2.68. The van der Waals surface area contributed by atoms with E-state index in [1.165, 1.54) is 12.1 Å². The predicted octanol–water partition coefficient (Wildman–Crippen LogP) is 5.09. The van der Waals surface area contributed by atoms with Gasteiger partial charge in [0.05, 0.1) is 22.1 Å². The van der Waals surface area contributed by atoms with Crippen LogP contribution in [0.5, 0.6) is 0 Å². The second kappa shape index (κ2) is 11.1. The molecule has 0 spiro atoms. The van der Waals surface area contributed by atoms with E-state index in [1.54, 1.807) is 0 Å². The molecule has 2 heterocycles. The van der Waals surface area contributed by atoms with E-state index in [1.807, 2.05) is 25.8 Å². The van der Waals surface area contributed by atoms with E-state index in [4.69, 9.17) is 0 Å². The maximum atomic E-state index is 12.7. The standard InChI is InChI=1S/C21H23F3N4O2S.2CH4.H2S/c1-11-18-19(28(3)12(2)20(29)27-18)26-17(25-11)10-13-8-16(9-13)31(30)15-6-4-14(5-7-15)21(22,23)24;;;/h4-7,12-13,16H,8-10H2,1-3H3,(H,27,29);2*1H4;1H2/t12-,13?,16?,31+;;;/m0.../s1. The third-order valence-electron chi connectivity index (χ3n) is 6.04. The molecule has 1 saturated carbocycles. The number of aromatic nitrogens is 2. The van der Waals surface area contributed by atoms with Crippen LogP contribution >= 0.6 is 13.5 Å². The lowest BCUT2D eigenvalue weighted by Crippen LogP contribution is -2.45. The Morgan fingerprint density at radius 3 is 2.29 bits per heavy atom. The number of benzene rings is 1. The van der Waals surface area contributed by atoms with Crippen LogP contribution in [0.25, 0.3) is 0 Å². The Kier molecular flexibility index (Phi) is 9.73. The van der Waals surface area contributed by atoms with Gasteiger partial charge in [-0.2, -0.15) is 26.7 Å². The molecule has 34 heavy (non-hydrogen) atoms. The molecule has 6 nitrogen and oxygen atoms in total. The summed E-state index contributed by atoms with van der Waals surface area (Å²) in [7, 11) is 0.485. The molecule has 1 aliphatic heterocycles. The van der Waals surface area contributed by atoms with Gasteiger partial charge in [-0.05, 0) is 56.9 Å². The molecular weight excluding hydrogens is 485 g/mol. The molecule has 0 radical (unpaired) electrons. The Bertz CT molecular complexity index is 1040. The highest BCUT2D eigenvalue weighted by atomic mass is 32.2. The smallest absolute Gasteiger partial charge is 0.346 e. The number of amides is 1. The van der Waals surface area contributed by atoms with Crippen LogP contribution in [0.1, 0.15) is 51.7 Å². The molecule has 1 fully saturated rings. The molecule has 0 bridgehead atoms. The summed E-state index contributed by atoms with van der Waals surface area (Å²) >= 11 is 0. The van der Waals surface area contributed by atoms with E-state index in [0.29, 0.717) is 47.2 Å². The van der Waals surface area contributed by atoms with Crippen LogP contribution in [0.2, 0.25) is 0 Å². The molecule has 2 aromatic rings. The Labute approximate surface area is 208 Å². The quantitative estimate of drug-likeness (QED) is 0.610. The number of halogens is 3. The van der Waals surface area contributed by atoms with Gasteiger partial charge in [0.15, 0.2) is 5.82 Å². The van der Waals surface area contributed by atoms with Gasteiger partial charge >= 0.3 is 6.18 Å². The summed E-state index contributed by atoms with van der Waals surface area (Å²) in [4.78, 5) is 23.4. The van der Waals surface area contributed by atoms with Crippen LogP contribution < -0.4 is 10.2 Å². The minimum Gasteiger partial charge on any atom is -0.346 e. The zero-order valence-corrected chi connectivity index (χ0v) is 19.7. The molecule has 0 unspecified atom stereocenters. The van der Waals surface area contributed by atoms with E-state index >= 15 is 0 Å². The maximum Gasteiger partial charge on any atom is 0.416 e. The normalized spacial score (nSPS) is 22.1. The first kappa shape index (κ1) is 29.9. The number of carbonyl (C=O) groups excluding carboxylic acids is 1. The number of fused-ring (bicyclic) bond motifs is 1. The van der Waals surface area contributed by atoms with Crippen molar-refractivity contribution in [1.82, 2.24) is 9.97 Å². The predicted molar refractivity (Wildman–Crippen MR) is 135 cm³/mol. The van der Waals surface area contributed by atoms with Crippen molar-refractivity contribution in [2.75, 3.05) is 17.3 Å². The monoisotopic (exact) mass is 518 g/mol. The van der Waals surface area contributed by atoms with Crippen molar-refractivity contribution in [3.05, 3.63) is 41.3 Å². The van der Waals surface area contributed by atoms with E-state index in [2.05, 4.69) is 15.3 Å². The number of hydrogen-bond donors (Lipinski definition) is 1. The van der Waals surface area contributed by atoms with Crippen molar-refractivity contribution in [2.45, 2.75) is 70.3 Å². The van der Waals surface area contributed by atoms with E-state index in [-0.39, 0.29) is 51.5 Å². The van der Waals surface area contributed by atoms with Gasteiger partial charge in [-0.1, -0.05) is 14.9 Å². The fourth-order valence-corrected chi connectivity index (χ4v) is 5.62. The van der Waals surface area contributed by atoms with Gasteiger partial charge in [0.2, 0.25) is 5.91 Å². The van der Waals surface area contributed by atoms with Crippen LogP contribution in [0.4, 0.5) is 24.7 Å². The van der Waals surface area contributed by atoms with Gasteiger partial charge < -0.3 is 10.2 Å². The molecule has 190 valence electrons. The fraction of sp³-hybridized carbons (Fsp3) is 0.522. The molecule has 1 N–H and O–H groups in total. The molecule has 1 aliphatic carbocycles. The first-order chi connectivity index (χ1) is 14.5. The van der Waals surface area contributed by atoms with Crippen LogP contribution in [0.15, 0.2) is 29.2 Å². The van der Waals surface area contributed by atoms with Gasteiger partial charge in [0.25, 0.3) is 0 Å². The van der Waals surface area contributed by atoms with Crippen LogP contribution in [-0.4, -0.2) is 38.4 Å². The number of carbonyl (C=O) groups is 1. The molecule has 0 saturated heterocycles. The summed E-state index contributed by atoms with van der Waals surface area (Å²) in [6.45, 7) is 3.64. The number of anilines is 2. The third-order valence-corrected chi connectivity index (χ3v) is 7.77. The van der Waals surface area contributed by atoms with Crippen molar-refractivity contribution < 1.29 is 22.2 Å². The molecule has 1 amide bonds. The summed E-state index contributed by atoms with van der Waals surface area (Å²) < 4.78 is 50.8. The molecule has 2 aliphatic rings. The van der Waals surface area contributed by atoms with Gasteiger partial charge in [-0.25, -0.2) is 9.97 Å². The minimum atomic E-state index is -4.40. The Hall–Kier alpha value is -2.14. The van der Waals surface area contributed by atoms with Crippen LogP contribution in [-0.2, 0) is 28.2 Å². The first-order valence-corrected chi connectivity index (χ1v) is 11.2. The van der Waals surface area contributed by atoms with E-state index in [0.717, 1.165) is 12.1 Å². The number of hydrogen-bond acceptors (Lipinski definition) is 5. The summed E-state index contributed by atoms with van der Waals surface area (Å²) in [6.07, 6.45) is -2.36. The lowest BCUT2D eigenvalue weighted by molar-refractivity contribution is -0.137. The number of rotatable bonds is 4. The molecule has 1 aromatic heterocycles. The van der Waals surface area contributed by atoms with Crippen molar-refractivity contribution in [3.8, 4) is 0 Å². The minimum absolute atomic E-state index is 0. The number of alkyl halides is 3. The lowest BCUT2D eigenvalue weighted by atomic mass is 9.82. The number of nitrogens with one attached hydrogen (secondary N) is 1. The Balaban J connectivity index is 0.00000193. The molecule has 1 aromatic carbocycles. The number of aryl methyl sites for hydroxylation is 1. The average molecular weight is 519 g/mol. The van der Waals surface area contributed by atoms with E-state index < -0.39 is 22.5 Å². The van der Waals surface area contributed by atoms with Crippen molar-refractivity contribution in [2.24, 2.45) is 5.92 Å². The van der Waals surface area contributed by atoms with Crippen molar-refractivity contribution in [3.63, 3.8) is 0 Å². The second-order valence-electron chi connectivity index (χ2n) is 8.18. The topological polar surface area (TPSA) is 75.2 Å². The number of likely N-dealkylation sites (N-methyl/N-ethyl adjacent to an activating group) is 1. The maximum absolute atomic E-state index is 12.7.